The van der Waals surface area contributed by atoms with Gasteiger partial charge in [0, 0.05) is 19.1 Å². The standard InChI is InChI=1S/C19H32N2/c1-16(2)13-18-7-9-19(10-8-18)14-20-17(3)15-21-11-5-4-6-12-21/h7-10,16-17,20H,4-6,11-15H2,1-3H3. The van der Waals surface area contributed by atoms with Crippen LogP contribution in [0.15, 0.2) is 24.3 Å². The van der Waals surface area contributed by atoms with Crippen LogP contribution in [0.4, 0.5) is 0 Å². The molecule has 1 aromatic carbocycles. The van der Waals surface area contributed by atoms with Gasteiger partial charge in [0.2, 0.25) is 0 Å². The second kappa shape index (κ2) is 8.55. The van der Waals surface area contributed by atoms with Gasteiger partial charge in [0.05, 0.1) is 0 Å². The fourth-order valence-corrected chi connectivity index (χ4v) is 3.15. The molecule has 1 heterocycles. The van der Waals surface area contributed by atoms with E-state index in [1.807, 2.05) is 0 Å². The summed E-state index contributed by atoms with van der Waals surface area (Å²) in [6, 6.07) is 9.69. The number of hydrogen-bond acceptors (Lipinski definition) is 2. The van der Waals surface area contributed by atoms with Crippen LogP contribution in [0.2, 0.25) is 0 Å². The van der Waals surface area contributed by atoms with Crippen molar-refractivity contribution in [3.05, 3.63) is 35.4 Å². The van der Waals surface area contributed by atoms with Crippen LogP contribution < -0.4 is 5.32 Å². The molecular weight excluding hydrogens is 256 g/mol. The third-order valence-corrected chi connectivity index (χ3v) is 4.30. The Bertz CT molecular complexity index is 391. The smallest absolute Gasteiger partial charge is 0.0208 e. The molecule has 1 aromatic rings. The predicted molar refractivity (Wildman–Crippen MR) is 91.6 cm³/mol. The van der Waals surface area contributed by atoms with Crippen LogP contribution in [-0.2, 0) is 13.0 Å². The minimum atomic E-state index is 0.568. The first-order valence-electron chi connectivity index (χ1n) is 8.67. The van der Waals surface area contributed by atoms with E-state index in [-0.39, 0.29) is 0 Å². The fourth-order valence-electron chi connectivity index (χ4n) is 3.15. The van der Waals surface area contributed by atoms with Crippen molar-refractivity contribution in [1.82, 2.24) is 10.2 Å². The average Bonchev–Trinajstić information content (AvgIpc) is 2.47. The monoisotopic (exact) mass is 288 g/mol. The van der Waals surface area contributed by atoms with Gasteiger partial charge in [0.1, 0.15) is 0 Å². The van der Waals surface area contributed by atoms with Gasteiger partial charge in [-0.3, -0.25) is 0 Å². The van der Waals surface area contributed by atoms with Crippen molar-refractivity contribution in [1.29, 1.82) is 0 Å². The molecule has 1 unspecified atom stereocenters. The Morgan fingerprint density at radius 1 is 0.952 bits per heavy atom. The summed E-state index contributed by atoms with van der Waals surface area (Å²) in [7, 11) is 0. The van der Waals surface area contributed by atoms with E-state index < -0.39 is 0 Å². The van der Waals surface area contributed by atoms with Crippen LogP contribution in [0.25, 0.3) is 0 Å². The molecule has 1 atom stereocenters. The molecule has 1 saturated heterocycles. The van der Waals surface area contributed by atoms with E-state index in [4.69, 9.17) is 0 Å². The maximum Gasteiger partial charge on any atom is 0.0208 e. The van der Waals surface area contributed by atoms with E-state index in [1.54, 1.807) is 0 Å². The van der Waals surface area contributed by atoms with E-state index in [1.165, 1.54) is 56.4 Å². The van der Waals surface area contributed by atoms with E-state index >= 15 is 0 Å². The molecule has 1 N–H and O–H groups in total. The summed E-state index contributed by atoms with van der Waals surface area (Å²) < 4.78 is 0. The molecule has 2 heteroatoms. The zero-order valence-corrected chi connectivity index (χ0v) is 14.1. The van der Waals surface area contributed by atoms with Crippen LogP contribution in [0, 0.1) is 5.92 Å². The Kier molecular flexibility index (Phi) is 6.72. The van der Waals surface area contributed by atoms with Crippen LogP contribution in [0.5, 0.6) is 0 Å². The highest BCUT2D eigenvalue weighted by Gasteiger charge is 2.12. The molecule has 0 amide bonds. The summed E-state index contributed by atoms with van der Waals surface area (Å²) in [5.74, 6) is 0.735. The van der Waals surface area contributed by atoms with Gasteiger partial charge >= 0.3 is 0 Å². The van der Waals surface area contributed by atoms with Crippen LogP contribution in [0.3, 0.4) is 0 Å². The molecule has 21 heavy (non-hydrogen) atoms. The van der Waals surface area contributed by atoms with Gasteiger partial charge in [-0.15, -0.1) is 0 Å². The van der Waals surface area contributed by atoms with Crippen molar-refractivity contribution in [2.45, 2.75) is 59.0 Å². The molecule has 2 rings (SSSR count). The van der Waals surface area contributed by atoms with Crippen LogP contribution >= 0.6 is 0 Å². The van der Waals surface area contributed by atoms with Crippen molar-refractivity contribution in [2.75, 3.05) is 19.6 Å². The Labute approximate surface area is 130 Å². The van der Waals surface area contributed by atoms with Crippen molar-refractivity contribution in [2.24, 2.45) is 5.92 Å². The quantitative estimate of drug-likeness (QED) is 0.820. The van der Waals surface area contributed by atoms with E-state index in [2.05, 4.69) is 55.3 Å². The lowest BCUT2D eigenvalue weighted by molar-refractivity contribution is 0.209. The fraction of sp³-hybridized carbons (Fsp3) is 0.684. The normalized spacial score (nSPS) is 18.1. The largest absolute Gasteiger partial charge is 0.309 e. The van der Waals surface area contributed by atoms with Gasteiger partial charge in [-0.25, -0.2) is 0 Å². The summed E-state index contributed by atoms with van der Waals surface area (Å²) in [6.07, 6.45) is 5.36. The lowest BCUT2D eigenvalue weighted by Gasteiger charge is -2.29. The zero-order valence-electron chi connectivity index (χ0n) is 14.1. The minimum absolute atomic E-state index is 0.568. The second-order valence-corrected chi connectivity index (χ2v) is 7.06. The molecular formula is C19H32N2. The Morgan fingerprint density at radius 2 is 1.57 bits per heavy atom. The third kappa shape index (κ3) is 6.19. The molecule has 0 radical (unpaired) electrons. The number of hydrogen-bond donors (Lipinski definition) is 1. The number of benzene rings is 1. The van der Waals surface area contributed by atoms with Crippen molar-refractivity contribution < 1.29 is 0 Å². The first kappa shape index (κ1) is 16.5. The first-order chi connectivity index (χ1) is 10.1. The van der Waals surface area contributed by atoms with Gasteiger partial charge in [-0.05, 0) is 56.3 Å². The third-order valence-electron chi connectivity index (χ3n) is 4.30. The molecule has 0 spiro atoms. The number of piperidine rings is 1. The van der Waals surface area contributed by atoms with Crippen molar-refractivity contribution in [3.63, 3.8) is 0 Å². The zero-order chi connectivity index (χ0) is 15.1. The van der Waals surface area contributed by atoms with E-state index in [0.717, 1.165) is 12.5 Å². The summed E-state index contributed by atoms with van der Waals surface area (Å²) in [4.78, 5) is 2.60. The van der Waals surface area contributed by atoms with Gasteiger partial charge in [0.15, 0.2) is 0 Å². The Hall–Kier alpha value is -0.860. The summed E-state index contributed by atoms with van der Waals surface area (Å²) in [6.45, 7) is 11.6. The maximum atomic E-state index is 3.66. The second-order valence-electron chi connectivity index (χ2n) is 7.06. The van der Waals surface area contributed by atoms with E-state index in [0.29, 0.717) is 6.04 Å². The number of rotatable bonds is 7. The predicted octanol–water partition coefficient (Wildman–Crippen LogP) is 3.85. The summed E-state index contributed by atoms with van der Waals surface area (Å²) in [5, 5.41) is 3.66. The Balaban J connectivity index is 1.71. The number of nitrogens with zero attached hydrogens (tertiary/aromatic N) is 1. The topological polar surface area (TPSA) is 15.3 Å². The summed E-state index contributed by atoms with van der Waals surface area (Å²) >= 11 is 0. The van der Waals surface area contributed by atoms with Gasteiger partial charge in [-0.1, -0.05) is 44.5 Å². The molecule has 0 saturated carbocycles. The molecule has 0 bridgehead atoms. The highest BCUT2D eigenvalue weighted by atomic mass is 15.1. The van der Waals surface area contributed by atoms with Crippen LogP contribution in [-0.4, -0.2) is 30.6 Å². The lowest BCUT2D eigenvalue weighted by atomic mass is 10.0. The van der Waals surface area contributed by atoms with Crippen molar-refractivity contribution in [3.8, 4) is 0 Å². The molecule has 118 valence electrons. The minimum Gasteiger partial charge on any atom is -0.309 e. The summed E-state index contributed by atoms with van der Waals surface area (Å²) in [5.41, 5.74) is 2.85. The van der Waals surface area contributed by atoms with Gasteiger partial charge in [0.25, 0.3) is 0 Å². The average molecular weight is 288 g/mol. The molecule has 0 aliphatic carbocycles. The molecule has 1 aliphatic rings. The van der Waals surface area contributed by atoms with Gasteiger partial charge < -0.3 is 10.2 Å². The molecule has 2 nitrogen and oxygen atoms in total. The Morgan fingerprint density at radius 3 is 2.19 bits per heavy atom. The first-order valence-corrected chi connectivity index (χ1v) is 8.67. The highest BCUT2D eigenvalue weighted by molar-refractivity contribution is 5.22. The van der Waals surface area contributed by atoms with E-state index in [9.17, 15) is 0 Å². The molecule has 0 aromatic heterocycles. The molecule has 1 fully saturated rings. The van der Waals surface area contributed by atoms with Gasteiger partial charge in [-0.2, -0.15) is 0 Å². The number of nitrogens with one attached hydrogen (secondary N) is 1. The SMILES string of the molecule is CC(C)Cc1ccc(CNC(C)CN2CCCCC2)cc1. The lowest BCUT2D eigenvalue weighted by Crippen LogP contribution is -2.41. The highest BCUT2D eigenvalue weighted by Crippen LogP contribution is 2.11. The van der Waals surface area contributed by atoms with Crippen LogP contribution in [0.1, 0.15) is 51.2 Å². The number of likely N-dealkylation sites (tertiary alicyclic amines) is 1. The molecule has 1 aliphatic heterocycles. The van der Waals surface area contributed by atoms with Crippen molar-refractivity contribution >= 4 is 0 Å². The maximum absolute atomic E-state index is 3.66.